The highest BCUT2D eigenvalue weighted by Gasteiger charge is 2.21. The number of anilines is 1. The van der Waals surface area contributed by atoms with E-state index in [2.05, 4.69) is 36.6 Å². The number of thioether (sulfide) groups is 1. The zero-order valence-corrected chi connectivity index (χ0v) is 13.8. The molecule has 0 atom stereocenters. The van der Waals surface area contributed by atoms with Gasteiger partial charge in [-0.2, -0.15) is 11.8 Å². The lowest BCUT2D eigenvalue weighted by Gasteiger charge is -2.10. The van der Waals surface area contributed by atoms with Gasteiger partial charge in [0.15, 0.2) is 0 Å². The van der Waals surface area contributed by atoms with Gasteiger partial charge in [-0.25, -0.2) is 13.1 Å². The Kier molecular flexibility index (Phi) is 5.78. The Morgan fingerprint density at radius 3 is 2.35 bits per heavy atom. The lowest BCUT2D eigenvalue weighted by molar-refractivity contribution is 0.583. The Labute approximate surface area is 122 Å². The van der Waals surface area contributed by atoms with E-state index in [0.29, 0.717) is 21.2 Å². The van der Waals surface area contributed by atoms with Gasteiger partial charge in [-0.05, 0) is 50.2 Å². The largest absolute Gasteiger partial charge is 0.399 e. The molecule has 0 amide bonds. The van der Waals surface area contributed by atoms with Crippen molar-refractivity contribution < 1.29 is 8.42 Å². The Morgan fingerprint density at radius 1 is 1.35 bits per heavy atom. The van der Waals surface area contributed by atoms with Crippen LogP contribution >= 0.6 is 43.6 Å². The van der Waals surface area contributed by atoms with Crippen molar-refractivity contribution in [1.29, 1.82) is 0 Å². The quantitative estimate of drug-likeness (QED) is 0.584. The van der Waals surface area contributed by atoms with Crippen molar-refractivity contribution in [3.8, 4) is 0 Å². The van der Waals surface area contributed by atoms with Crippen LogP contribution in [0, 0.1) is 0 Å². The predicted molar refractivity (Wildman–Crippen MR) is 79.8 cm³/mol. The molecule has 0 aliphatic rings. The van der Waals surface area contributed by atoms with Gasteiger partial charge in [0.2, 0.25) is 10.0 Å². The van der Waals surface area contributed by atoms with Crippen molar-refractivity contribution >= 4 is 59.3 Å². The van der Waals surface area contributed by atoms with Gasteiger partial charge in [-0.15, -0.1) is 0 Å². The molecule has 0 bridgehead atoms. The molecule has 1 aromatic carbocycles. The van der Waals surface area contributed by atoms with Crippen molar-refractivity contribution in [2.24, 2.45) is 0 Å². The Bertz CT molecular complexity index is 483. The molecule has 0 saturated carbocycles. The number of nitrogen functional groups attached to an aromatic ring is 1. The fraction of sp³-hybridized carbons (Fsp3) is 0.333. The van der Waals surface area contributed by atoms with Crippen LogP contribution in [0.4, 0.5) is 5.69 Å². The SMILES string of the molecule is CSCCNS(=O)(=O)c1c(Br)cc(N)cc1Br. The van der Waals surface area contributed by atoms with E-state index in [9.17, 15) is 8.42 Å². The lowest BCUT2D eigenvalue weighted by atomic mass is 10.3. The zero-order valence-electron chi connectivity index (χ0n) is 9.04. The molecule has 96 valence electrons. The molecule has 1 aromatic rings. The van der Waals surface area contributed by atoms with Gasteiger partial charge in [0.25, 0.3) is 0 Å². The minimum Gasteiger partial charge on any atom is -0.399 e. The second kappa shape index (κ2) is 6.42. The van der Waals surface area contributed by atoms with Gasteiger partial charge in [-0.1, -0.05) is 0 Å². The van der Waals surface area contributed by atoms with E-state index >= 15 is 0 Å². The van der Waals surface area contributed by atoms with Crippen molar-refractivity contribution in [2.45, 2.75) is 4.90 Å². The van der Waals surface area contributed by atoms with Crippen molar-refractivity contribution in [3.05, 3.63) is 21.1 Å². The van der Waals surface area contributed by atoms with Crippen LogP contribution in [0.2, 0.25) is 0 Å². The first kappa shape index (κ1) is 15.3. The van der Waals surface area contributed by atoms with Gasteiger partial charge < -0.3 is 5.73 Å². The first-order chi connectivity index (χ1) is 7.88. The molecule has 0 saturated heterocycles. The topological polar surface area (TPSA) is 72.2 Å². The maximum atomic E-state index is 12.0. The molecule has 1 rings (SSSR count). The zero-order chi connectivity index (χ0) is 13.1. The van der Waals surface area contributed by atoms with Gasteiger partial charge in [0.05, 0.1) is 0 Å². The number of sulfonamides is 1. The maximum Gasteiger partial charge on any atom is 0.242 e. The van der Waals surface area contributed by atoms with E-state index in [0.717, 1.165) is 5.75 Å². The summed E-state index contributed by atoms with van der Waals surface area (Å²) in [7, 11) is -3.52. The minimum absolute atomic E-state index is 0.174. The van der Waals surface area contributed by atoms with Gasteiger partial charge in [-0.3, -0.25) is 0 Å². The van der Waals surface area contributed by atoms with Crippen LogP contribution in [0.5, 0.6) is 0 Å². The summed E-state index contributed by atoms with van der Waals surface area (Å²) in [5.41, 5.74) is 6.11. The van der Waals surface area contributed by atoms with E-state index in [1.165, 1.54) is 0 Å². The standard InChI is InChI=1S/C9H12Br2N2O2S2/c1-16-3-2-13-17(14,15)9-7(10)4-6(12)5-8(9)11/h4-5,13H,2-3,12H2,1H3. The summed E-state index contributed by atoms with van der Waals surface area (Å²) in [4.78, 5) is 0.174. The number of hydrogen-bond donors (Lipinski definition) is 2. The summed E-state index contributed by atoms with van der Waals surface area (Å²) in [5.74, 6) is 0.726. The Balaban J connectivity index is 3.07. The average Bonchev–Trinajstić information content (AvgIpc) is 2.15. The molecule has 0 radical (unpaired) electrons. The molecular formula is C9H12Br2N2O2S2. The first-order valence-electron chi connectivity index (χ1n) is 4.61. The molecule has 0 aliphatic heterocycles. The van der Waals surface area contributed by atoms with Crippen LogP contribution in [-0.2, 0) is 10.0 Å². The number of rotatable bonds is 5. The van der Waals surface area contributed by atoms with Crippen LogP contribution in [-0.4, -0.2) is 27.0 Å². The van der Waals surface area contributed by atoms with Gasteiger partial charge in [0.1, 0.15) is 4.90 Å². The molecule has 0 aromatic heterocycles. The molecular weight excluding hydrogens is 392 g/mol. The summed E-state index contributed by atoms with van der Waals surface area (Å²) < 4.78 is 27.5. The Morgan fingerprint density at radius 2 is 1.88 bits per heavy atom. The summed E-state index contributed by atoms with van der Waals surface area (Å²) >= 11 is 7.99. The maximum absolute atomic E-state index is 12.0. The van der Waals surface area contributed by atoms with Crippen LogP contribution in [0.3, 0.4) is 0 Å². The highest BCUT2D eigenvalue weighted by molar-refractivity contribution is 9.11. The summed E-state index contributed by atoms with van der Waals surface area (Å²) in [5, 5.41) is 0. The van der Waals surface area contributed by atoms with Crippen molar-refractivity contribution in [3.63, 3.8) is 0 Å². The lowest BCUT2D eigenvalue weighted by Crippen LogP contribution is -2.26. The van der Waals surface area contributed by atoms with Crippen LogP contribution in [0.25, 0.3) is 0 Å². The fourth-order valence-electron chi connectivity index (χ4n) is 1.19. The molecule has 8 heteroatoms. The van der Waals surface area contributed by atoms with Crippen molar-refractivity contribution in [1.82, 2.24) is 4.72 Å². The number of halogens is 2. The molecule has 0 unspecified atom stereocenters. The van der Waals surface area contributed by atoms with E-state index in [4.69, 9.17) is 5.73 Å². The second-order valence-electron chi connectivity index (χ2n) is 3.20. The summed E-state index contributed by atoms with van der Waals surface area (Å²) in [6.07, 6.45) is 1.92. The molecule has 0 heterocycles. The molecule has 4 nitrogen and oxygen atoms in total. The molecule has 0 fully saturated rings. The van der Waals surface area contributed by atoms with E-state index in [1.807, 2.05) is 6.26 Å². The molecule has 0 aliphatic carbocycles. The third-order valence-corrected chi connectivity index (χ3v) is 5.84. The number of nitrogens with one attached hydrogen (secondary N) is 1. The fourth-order valence-corrected chi connectivity index (χ4v) is 5.27. The highest BCUT2D eigenvalue weighted by atomic mass is 79.9. The highest BCUT2D eigenvalue weighted by Crippen LogP contribution is 2.32. The Hall–Kier alpha value is 0.240. The van der Waals surface area contributed by atoms with Crippen LogP contribution < -0.4 is 10.5 Å². The van der Waals surface area contributed by atoms with Gasteiger partial charge in [0, 0.05) is 26.9 Å². The summed E-state index contributed by atoms with van der Waals surface area (Å²) in [6, 6.07) is 3.13. The molecule has 17 heavy (non-hydrogen) atoms. The summed E-state index contributed by atoms with van der Waals surface area (Å²) in [6.45, 7) is 0.396. The van der Waals surface area contributed by atoms with E-state index in [-0.39, 0.29) is 4.90 Å². The normalized spacial score (nSPS) is 11.7. The van der Waals surface area contributed by atoms with Crippen molar-refractivity contribution in [2.75, 3.05) is 24.3 Å². The van der Waals surface area contributed by atoms with E-state index < -0.39 is 10.0 Å². The number of benzene rings is 1. The average molecular weight is 404 g/mol. The number of nitrogens with two attached hydrogens (primary N) is 1. The molecule has 0 spiro atoms. The van der Waals surface area contributed by atoms with Gasteiger partial charge >= 0.3 is 0 Å². The monoisotopic (exact) mass is 402 g/mol. The van der Waals surface area contributed by atoms with Crippen LogP contribution in [0.15, 0.2) is 26.0 Å². The second-order valence-corrected chi connectivity index (χ2v) is 7.60. The smallest absolute Gasteiger partial charge is 0.242 e. The molecule has 3 N–H and O–H groups in total. The third-order valence-electron chi connectivity index (χ3n) is 1.89. The van der Waals surface area contributed by atoms with E-state index in [1.54, 1.807) is 23.9 Å². The predicted octanol–water partition coefficient (Wildman–Crippen LogP) is 2.44. The third kappa shape index (κ3) is 4.13. The first-order valence-corrected chi connectivity index (χ1v) is 9.08. The number of hydrogen-bond acceptors (Lipinski definition) is 4. The van der Waals surface area contributed by atoms with Crippen LogP contribution in [0.1, 0.15) is 0 Å². The minimum atomic E-state index is -3.52.